The van der Waals surface area contributed by atoms with Gasteiger partial charge in [0.2, 0.25) is 0 Å². The second-order valence-electron chi connectivity index (χ2n) is 6.45. The van der Waals surface area contributed by atoms with Gasteiger partial charge in [0.05, 0.1) is 20.8 Å². The van der Waals surface area contributed by atoms with E-state index in [1.54, 1.807) is 43.3 Å². The highest BCUT2D eigenvalue weighted by Crippen LogP contribution is 2.31. The van der Waals surface area contributed by atoms with Crippen LogP contribution in [-0.2, 0) is 10.3 Å². The summed E-state index contributed by atoms with van der Waals surface area (Å²) in [6, 6.07) is 10.6. The molecule has 28 heavy (non-hydrogen) atoms. The van der Waals surface area contributed by atoms with Crippen LogP contribution in [0.4, 0.5) is 4.79 Å². The minimum absolute atomic E-state index is 0.304. The molecule has 0 bridgehead atoms. The highest BCUT2D eigenvalue weighted by Gasteiger charge is 2.49. The van der Waals surface area contributed by atoms with Crippen molar-refractivity contribution in [2.24, 2.45) is 0 Å². The summed E-state index contributed by atoms with van der Waals surface area (Å²) in [5.41, 5.74) is -0.380. The Morgan fingerprint density at radius 2 is 1.71 bits per heavy atom. The third kappa shape index (κ3) is 3.41. The van der Waals surface area contributed by atoms with Gasteiger partial charge >= 0.3 is 6.03 Å². The van der Waals surface area contributed by atoms with Crippen LogP contribution in [0.5, 0.6) is 11.5 Å². The van der Waals surface area contributed by atoms with E-state index in [9.17, 15) is 14.4 Å². The zero-order valence-corrected chi connectivity index (χ0v) is 16.4. The summed E-state index contributed by atoms with van der Waals surface area (Å²) in [6.45, 7) is 1.21. The molecule has 3 amide bonds. The number of nitrogens with one attached hydrogen (secondary N) is 1. The van der Waals surface area contributed by atoms with Gasteiger partial charge in [-0.2, -0.15) is 0 Å². The summed E-state index contributed by atoms with van der Waals surface area (Å²) in [6.07, 6.45) is 0. The molecule has 0 aromatic heterocycles. The standard InChI is InChI=1S/C20H19ClN2O5/c1-20(13-5-7-14(21)8-6-13)18(25)23(19(26)22-20)11-15(24)12-4-9-16(27-2)17(10-12)28-3/h4-10H,11H2,1-3H3,(H,22,26)/t20-/m0/s1. The number of benzene rings is 2. The molecule has 146 valence electrons. The maximum absolute atomic E-state index is 12.9. The van der Waals surface area contributed by atoms with Gasteiger partial charge < -0.3 is 14.8 Å². The second kappa shape index (κ2) is 7.52. The summed E-state index contributed by atoms with van der Waals surface area (Å²) in [5.74, 6) is -0.0423. The Labute approximate surface area is 167 Å². The van der Waals surface area contributed by atoms with E-state index in [0.717, 1.165) is 4.90 Å². The molecular formula is C20H19ClN2O5. The number of halogens is 1. The maximum Gasteiger partial charge on any atom is 0.325 e. The van der Waals surface area contributed by atoms with E-state index >= 15 is 0 Å². The molecule has 1 N–H and O–H groups in total. The van der Waals surface area contributed by atoms with Gasteiger partial charge in [-0.3, -0.25) is 14.5 Å². The van der Waals surface area contributed by atoms with E-state index in [4.69, 9.17) is 21.1 Å². The Hall–Kier alpha value is -3.06. The average Bonchev–Trinajstić information content (AvgIpc) is 2.91. The lowest BCUT2D eigenvalue weighted by molar-refractivity contribution is -0.130. The number of imide groups is 1. The van der Waals surface area contributed by atoms with Crippen LogP contribution >= 0.6 is 11.6 Å². The molecule has 0 radical (unpaired) electrons. The molecule has 1 saturated heterocycles. The zero-order valence-electron chi connectivity index (χ0n) is 15.6. The third-order valence-corrected chi connectivity index (χ3v) is 4.96. The van der Waals surface area contributed by atoms with Crippen molar-refractivity contribution in [2.45, 2.75) is 12.5 Å². The lowest BCUT2D eigenvalue weighted by Crippen LogP contribution is -2.41. The van der Waals surface area contributed by atoms with Gasteiger partial charge in [0, 0.05) is 10.6 Å². The van der Waals surface area contributed by atoms with Gasteiger partial charge in [-0.15, -0.1) is 0 Å². The quantitative estimate of drug-likeness (QED) is 0.593. The Morgan fingerprint density at radius 1 is 1.07 bits per heavy atom. The Morgan fingerprint density at radius 3 is 2.32 bits per heavy atom. The first-order valence-corrected chi connectivity index (χ1v) is 8.83. The average molecular weight is 403 g/mol. The molecule has 7 nitrogen and oxygen atoms in total. The highest BCUT2D eigenvalue weighted by atomic mass is 35.5. The molecule has 2 aromatic rings. The number of methoxy groups -OCH3 is 2. The molecule has 1 atom stereocenters. The molecule has 1 heterocycles. The number of carbonyl (C=O) groups is 3. The fourth-order valence-electron chi connectivity index (χ4n) is 3.06. The van der Waals surface area contributed by atoms with E-state index in [0.29, 0.717) is 27.6 Å². The van der Waals surface area contributed by atoms with E-state index in [2.05, 4.69) is 5.32 Å². The number of rotatable bonds is 6. The van der Waals surface area contributed by atoms with Crippen molar-refractivity contribution >= 4 is 29.3 Å². The SMILES string of the molecule is COc1ccc(C(=O)CN2C(=O)N[C@@](C)(c3ccc(Cl)cc3)C2=O)cc1OC. The number of ketones is 1. The van der Waals surface area contributed by atoms with Crippen molar-refractivity contribution < 1.29 is 23.9 Å². The van der Waals surface area contributed by atoms with Crippen LogP contribution in [0, 0.1) is 0 Å². The van der Waals surface area contributed by atoms with E-state index < -0.39 is 23.3 Å². The Bertz CT molecular complexity index is 944. The summed E-state index contributed by atoms with van der Waals surface area (Å²) in [7, 11) is 2.95. The topological polar surface area (TPSA) is 84.9 Å². The van der Waals surface area contributed by atoms with E-state index in [1.807, 2.05) is 0 Å². The highest BCUT2D eigenvalue weighted by molar-refractivity contribution is 6.30. The van der Waals surface area contributed by atoms with Crippen LogP contribution in [0.15, 0.2) is 42.5 Å². The summed E-state index contributed by atoms with van der Waals surface area (Å²) >= 11 is 5.89. The third-order valence-electron chi connectivity index (χ3n) is 4.70. The Kier molecular flexibility index (Phi) is 5.29. The van der Waals surface area contributed by atoms with Gasteiger partial charge in [-0.05, 0) is 42.8 Å². The normalized spacial score (nSPS) is 18.8. The van der Waals surface area contributed by atoms with Gasteiger partial charge in [-0.25, -0.2) is 4.79 Å². The molecule has 1 aliphatic rings. The largest absolute Gasteiger partial charge is 0.493 e. The Balaban J connectivity index is 1.83. The maximum atomic E-state index is 12.9. The van der Waals surface area contributed by atoms with Crippen LogP contribution < -0.4 is 14.8 Å². The number of ether oxygens (including phenoxy) is 2. The molecule has 8 heteroatoms. The molecule has 2 aromatic carbocycles. The summed E-state index contributed by atoms with van der Waals surface area (Å²) in [4.78, 5) is 38.9. The predicted molar refractivity (Wildman–Crippen MR) is 103 cm³/mol. The molecule has 0 saturated carbocycles. The number of hydrogen-bond acceptors (Lipinski definition) is 5. The van der Waals surface area contributed by atoms with Gasteiger partial charge in [0.15, 0.2) is 17.3 Å². The summed E-state index contributed by atoms with van der Waals surface area (Å²) in [5, 5.41) is 3.18. The van der Waals surface area contributed by atoms with Gasteiger partial charge in [-0.1, -0.05) is 23.7 Å². The fourth-order valence-corrected chi connectivity index (χ4v) is 3.19. The zero-order chi connectivity index (χ0) is 20.5. The minimum atomic E-state index is -1.26. The predicted octanol–water partition coefficient (Wildman–Crippen LogP) is 3.01. The van der Waals surface area contributed by atoms with Crippen LogP contribution in [0.2, 0.25) is 5.02 Å². The number of hydrogen-bond donors (Lipinski definition) is 1. The van der Waals surface area contributed by atoms with Crippen molar-refractivity contribution in [2.75, 3.05) is 20.8 Å². The van der Waals surface area contributed by atoms with Crippen molar-refractivity contribution in [1.29, 1.82) is 0 Å². The molecular weight excluding hydrogens is 384 g/mol. The van der Waals surface area contributed by atoms with Crippen molar-refractivity contribution in [3.05, 3.63) is 58.6 Å². The lowest BCUT2D eigenvalue weighted by atomic mass is 9.92. The van der Waals surface area contributed by atoms with Crippen LogP contribution in [-0.4, -0.2) is 43.4 Å². The van der Waals surface area contributed by atoms with Crippen LogP contribution in [0.3, 0.4) is 0 Å². The fraction of sp³-hybridized carbons (Fsp3) is 0.250. The molecule has 1 fully saturated rings. The minimum Gasteiger partial charge on any atom is -0.493 e. The van der Waals surface area contributed by atoms with Gasteiger partial charge in [0.25, 0.3) is 5.91 Å². The molecule has 1 aliphatic heterocycles. The monoisotopic (exact) mass is 402 g/mol. The number of amides is 3. The summed E-state index contributed by atoms with van der Waals surface area (Å²) < 4.78 is 10.3. The smallest absolute Gasteiger partial charge is 0.325 e. The molecule has 0 spiro atoms. The molecule has 3 rings (SSSR count). The van der Waals surface area contributed by atoms with Crippen molar-refractivity contribution in [1.82, 2.24) is 10.2 Å². The van der Waals surface area contributed by atoms with Crippen molar-refractivity contribution in [3.8, 4) is 11.5 Å². The molecule has 0 unspecified atom stereocenters. The van der Waals surface area contributed by atoms with E-state index in [-0.39, 0.29) is 6.54 Å². The number of nitrogens with zero attached hydrogens (tertiary/aromatic N) is 1. The first-order valence-electron chi connectivity index (χ1n) is 8.45. The second-order valence-corrected chi connectivity index (χ2v) is 6.88. The number of urea groups is 1. The van der Waals surface area contributed by atoms with Crippen LogP contribution in [0.1, 0.15) is 22.8 Å². The number of Topliss-reactive ketones (excluding diaryl/α,β-unsaturated/α-hetero) is 1. The first-order chi connectivity index (χ1) is 13.3. The van der Waals surface area contributed by atoms with Crippen LogP contribution in [0.25, 0.3) is 0 Å². The lowest BCUT2D eigenvalue weighted by Gasteiger charge is -2.22. The first kappa shape index (κ1) is 19.7. The molecule has 0 aliphatic carbocycles. The van der Waals surface area contributed by atoms with Crippen molar-refractivity contribution in [3.63, 3.8) is 0 Å². The number of carbonyl (C=O) groups excluding carboxylic acids is 3. The van der Waals surface area contributed by atoms with Gasteiger partial charge in [0.1, 0.15) is 5.54 Å². The van der Waals surface area contributed by atoms with E-state index in [1.165, 1.54) is 20.3 Å².